The van der Waals surface area contributed by atoms with Crippen molar-refractivity contribution >= 4 is 22.5 Å². The average Bonchev–Trinajstić information content (AvgIpc) is 2.70. The van der Waals surface area contributed by atoms with Gasteiger partial charge in [-0.25, -0.2) is 0 Å². The summed E-state index contributed by atoms with van der Waals surface area (Å²) in [7, 11) is 1.92. The van der Waals surface area contributed by atoms with Crippen LogP contribution in [0.4, 0.5) is 5.69 Å². The molecule has 1 aromatic heterocycles. The molecule has 5 heteroatoms. The fourth-order valence-electron chi connectivity index (χ4n) is 4.24. The largest absolute Gasteiger partial charge is 0.370 e. The van der Waals surface area contributed by atoms with E-state index in [2.05, 4.69) is 48.9 Å². The third-order valence-electron chi connectivity index (χ3n) is 5.78. The Hall–Kier alpha value is -2.61. The first kappa shape index (κ1) is 20.1. The van der Waals surface area contributed by atoms with Crippen LogP contribution < -0.4 is 4.90 Å². The summed E-state index contributed by atoms with van der Waals surface area (Å²) in [4.78, 5) is 21.4. The molecule has 28 heavy (non-hydrogen) atoms. The number of nitriles is 1. The lowest BCUT2D eigenvalue weighted by atomic mass is 9.93. The van der Waals surface area contributed by atoms with E-state index in [1.165, 1.54) is 5.56 Å². The number of piperidine rings is 1. The summed E-state index contributed by atoms with van der Waals surface area (Å²) >= 11 is 0. The number of amides is 1. The Bertz CT molecular complexity index is 907. The van der Waals surface area contributed by atoms with Gasteiger partial charge in [0.25, 0.3) is 0 Å². The topological polar surface area (TPSA) is 60.2 Å². The lowest BCUT2D eigenvalue weighted by Crippen LogP contribution is -2.41. The second-order valence-corrected chi connectivity index (χ2v) is 7.98. The number of hydrogen-bond donors (Lipinski definition) is 0. The Morgan fingerprint density at radius 1 is 1.32 bits per heavy atom. The molecule has 2 heterocycles. The number of pyridine rings is 1. The van der Waals surface area contributed by atoms with Crippen LogP contribution in [0.3, 0.4) is 0 Å². The maximum atomic E-state index is 12.7. The maximum Gasteiger partial charge on any atom is 0.225 e. The number of rotatable bonds is 5. The van der Waals surface area contributed by atoms with Gasteiger partial charge in [0.05, 0.1) is 16.8 Å². The van der Waals surface area contributed by atoms with Gasteiger partial charge in [-0.15, -0.1) is 0 Å². The summed E-state index contributed by atoms with van der Waals surface area (Å²) < 4.78 is 0. The van der Waals surface area contributed by atoms with Crippen molar-refractivity contribution < 1.29 is 4.79 Å². The lowest BCUT2D eigenvalue weighted by molar-refractivity contribution is -0.134. The molecule has 0 saturated carbocycles. The van der Waals surface area contributed by atoms with Crippen LogP contribution in [0, 0.1) is 31.1 Å². The highest BCUT2D eigenvalue weighted by molar-refractivity contribution is 5.96. The lowest BCUT2D eigenvalue weighted by Gasteiger charge is -2.35. The van der Waals surface area contributed by atoms with Crippen LogP contribution in [-0.4, -0.2) is 42.5 Å². The van der Waals surface area contributed by atoms with Gasteiger partial charge in [-0.1, -0.05) is 25.0 Å². The molecule has 0 atom stereocenters. The Morgan fingerprint density at radius 2 is 2.04 bits per heavy atom. The van der Waals surface area contributed by atoms with Gasteiger partial charge in [-0.05, 0) is 44.7 Å². The van der Waals surface area contributed by atoms with Crippen molar-refractivity contribution in [1.29, 1.82) is 5.26 Å². The zero-order chi connectivity index (χ0) is 20.3. The number of fused-ring (bicyclic) bond motifs is 1. The van der Waals surface area contributed by atoms with Crippen molar-refractivity contribution in [3.8, 4) is 6.07 Å². The number of anilines is 1. The molecule has 1 fully saturated rings. The number of hydrogen-bond acceptors (Lipinski definition) is 4. The van der Waals surface area contributed by atoms with Crippen molar-refractivity contribution in [2.24, 2.45) is 5.92 Å². The van der Waals surface area contributed by atoms with E-state index in [9.17, 15) is 10.1 Å². The van der Waals surface area contributed by atoms with E-state index >= 15 is 0 Å². The van der Waals surface area contributed by atoms with Crippen LogP contribution >= 0.6 is 0 Å². The summed E-state index contributed by atoms with van der Waals surface area (Å²) in [5, 5.41) is 10.7. The molecule has 5 nitrogen and oxygen atoms in total. The number of carbonyl (C=O) groups excluding carboxylic acids is 1. The molecule has 1 aliphatic rings. The molecule has 0 unspecified atom stereocenters. The fraction of sp³-hybridized carbons (Fsp3) is 0.522. The summed E-state index contributed by atoms with van der Waals surface area (Å²) in [6.45, 7) is 8.70. The molecule has 1 aromatic carbocycles. The van der Waals surface area contributed by atoms with Crippen molar-refractivity contribution in [2.45, 2.75) is 46.5 Å². The quantitative estimate of drug-likeness (QED) is 0.782. The van der Waals surface area contributed by atoms with E-state index in [1.807, 2.05) is 11.9 Å². The van der Waals surface area contributed by atoms with Crippen LogP contribution in [0.15, 0.2) is 18.3 Å². The molecule has 0 radical (unpaired) electrons. The highest BCUT2D eigenvalue weighted by Crippen LogP contribution is 2.34. The molecule has 1 amide bonds. The van der Waals surface area contributed by atoms with Crippen LogP contribution in [-0.2, 0) is 4.79 Å². The molecule has 3 rings (SSSR count). The highest BCUT2D eigenvalue weighted by atomic mass is 16.2. The first-order chi connectivity index (χ1) is 13.5. The van der Waals surface area contributed by atoms with E-state index < -0.39 is 0 Å². The van der Waals surface area contributed by atoms with Crippen LogP contribution in [0.5, 0.6) is 0 Å². The molecule has 2 aromatic rings. The summed E-state index contributed by atoms with van der Waals surface area (Å²) in [6, 6.07) is 6.57. The Labute approximate surface area is 168 Å². The first-order valence-corrected chi connectivity index (χ1v) is 10.3. The van der Waals surface area contributed by atoms with Gasteiger partial charge >= 0.3 is 0 Å². The van der Waals surface area contributed by atoms with Crippen LogP contribution in [0.2, 0.25) is 0 Å². The Kier molecular flexibility index (Phi) is 6.18. The van der Waals surface area contributed by atoms with E-state index in [1.54, 1.807) is 6.20 Å². The minimum atomic E-state index is 0.0835. The summed E-state index contributed by atoms with van der Waals surface area (Å²) in [6.07, 6.45) is 5.49. The first-order valence-electron chi connectivity index (χ1n) is 10.3. The monoisotopic (exact) mass is 378 g/mol. The van der Waals surface area contributed by atoms with Crippen molar-refractivity contribution in [1.82, 2.24) is 9.88 Å². The van der Waals surface area contributed by atoms with Crippen molar-refractivity contribution in [3.63, 3.8) is 0 Å². The maximum absolute atomic E-state index is 12.7. The van der Waals surface area contributed by atoms with Crippen LogP contribution in [0.25, 0.3) is 10.9 Å². The van der Waals surface area contributed by atoms with Gasteiger partial charge in [0.2, 0.25) is 5.91 Å². The number of aromatic nitrogens is 1. The third kappa shape index (κ3) is 3.96. The predicted octanol–water partition coefficient (Wildman–Crippen LogP) is 4.20. The smallest absolute Gasteiger partial charge is 0.225 e. The van der Waals surface area contributed by atoms with E-state index in [4.69, 9.17) is 0 Å². The number of benzene rings is 1. The average molecular weight is 379 g/mol. The minimum Gasteiger partial charge on any atom is -0.370 e. The van der Waals surface area contributed by atoms with Gasteiger partial charge in [-0.3, -0.25) is 9.78 Å². The van der Waals surface area contributed by atoms with Gasteiger partial charge in [-0.2, -0.15) is 5.26 Å². The number of carbonyl (C=O) groups is 1. The number of unbranched alkanes of at least 4 members (excludes halogenated alkanes) is 1. The molecule has 0 N–H and O–H groups in total. The van der Waals surface area contributed by atoms with Gasteiger partial charge in [0, 0.05) is 44.2 Å². The SMILES string of the molecule is CCCCN(C)C(=O)C1CCN(c2c(C#N)cnc3c(C)cc(C)cc23)CC1. The standard InChI is InChI=1S/C23H30N4O/c1-5-6-9-26(4)23(28)18-7-10-27(11-8-18)22-19(14-24)15-25-21-17(3)12-16(2)13-20(21)22/h12-13,15,18H,5-11H2,1-4H3. The third-order valence-corrected chi connectivity index (χ3v) is 5.78. The van der Waals surface area contributed by atoms with Gasteiger partial charge < -0.3 is 9.80 Å². The molecule has 0 spiro atoms. The molecular weight excluding hydrogens is 348 g/mol. The van der Waals surface area contributed by atoms with Gasteiger partial charge in [0.15, 0.2) is 0 Å². The van der Waals surface area contributed by atoms with Gasteiger partial charge in [0.1, 0.15) is 6.07 Å². The zero-order valence-electron chi connectivity index (χ0n) is 17.5. The highest BCUT2D eigenvalue weighted by Gasteiger charge is 2.29. The molecule has 0 aliphatic carbocycles. The predicted molar refractivity (Wildman–Crippen MR) is 113 cm³/mol. The van der Waals surface area contributed by atoms with E-state index in [0.29, 0.717) is 5.56 Å². The number of aryl methyl sites for hydroxylation is 2. The second kappa shape index (κ2) is 8.60. The molecule has 0 bridgehead atoms. The van der Waals surface area contributed by atoms with E-state index in [-0.39, 0.29) is 11.8 Å². The molecule has 1 saturated heterocycles. The summed E-state index contributed by atoms with van der Waals surface area (Å²) in [5.41, 5.74) is 4.85. The molecular formula is C23H30N4O. The van der Waals surface area contributed by atoms with Crippen LogP contribution in [0.1, 0.15) is 49.3 Å². The number of nitrogens with zero attached hydrogens (tertiary/aromatic N) is 4. The fourth-order valence-corrected chi connectivity index (χ4v) is 4.24. The van der Waals surface area contributed by atoms with Crippen molar-refractivity contribution in [2.75, 3.05) is 31.6 Å². The van der Waals surface area contributed by atoms with Crippen molar-refractivity contribution in [3.05, 3.63) is 35.0 Å². The zero-order valence-corrected chi connectivity index (χ0v) is 17.5. The second-order valence-electron chi connectivity index (χ2n) is 7.98. The Balaban J connectivity index is 1.84. The minimum absolute atomic E-state index is 0.0835. The molecule has 1 aliphatic heterocycles. The Morgan fingerprint density at radius 3 is 2.68 bits per heavy atom. The molecule has 148 valence electrons. The van der Waals surface area contributed by atoms with E-state index in [0.717, 1.165) is 67.5 Å². The summed E-state index contributed by atoms with van der Waals surface area (Å²) in [5.74, 6) is 0.347. The normalized spacial score (nSPS) is 14.9.